The minimum atomic E-state index is -1.37. The summed E-state index contributed by atoms with van der Waals surface area (Å²) in [6.07, 6.45) is -4.91. The third-order valence-corrected chi connectivity index (χ3v) is 3.45. The van der Waals surface area contributed by atoms with Crippen molar-refractivity contribution >= 4 is 28.9 Å². The van der Waals surface area contributed by atoms with Crippen LogP contribution in [0.4, 0.5) is 17.1 Å². The number of hydrogen-bond acceptors (Lipinski definition) is 7. The summed E-state index contributed by atoms with van der Waals surface area (Å²) in [5, 5.41) is 37.3. The fourth-order valence-corrected chi connectivity index (χ4v) is 2.33. The van der Waals surface area contributed by atoms with Crippen molar-refractivity contribution in [3.05, 3.63) is 18.2 Å². The van der Waals surface area contributed by atoms with Gasteiger partial charge in [-0.15, -0.1) is 0 Å². The Balaban J connectivity index is 2.24. The van der Waals surface area contributed by atoms with Crippen LogP contribution >= 0.6 is 0 Å². The lowest BCUT2D eigenvalue weighted by Crippen LogP contribution is -2.55. The van der Waals surface area contributed by atoms with E-state index in [1.165, 1.54) is 13.8 Å². The fraction of sp³-hybridized carbons (Fsp3) is 0.467. The van der Waals surface area contributed by atoms with Crippen LogP contribution in [0.1, 0.15) is 13.8 Å². The molecule has 2 rings (SSSR count). The smallest absolute Gasteiger partial charge is 0.221 e. The molecule has 9 nitrogen and oxygen atoms in total. The molecule has 1 fully saturated rings. The van der Waals surface area contributed by atoms with Gasteiger partial charge in [0.25, 0.3) is 0 Å². The van der Waals surface area contributed by atoms with Crippen LogP contribution in [0.3, 0.4) is 0 Å². The number of rotatable bonds is 4. The Kier molecular flexibility index (Phi) is 5.73. The van der Waals surface area contributed by atoms with Gasteiger partial charge in [0.1, 0.15) is 18.3 Å². The highest BCUT2D eigenvalue weighted by Crippen LogP contribution is 2.28. The van der Waals surface area contributed by atoms with Gasteiger partial charge in [0.2, 0.25) is 11.8 Å². The Morgan fingerprint density at radius 2 is 1.71 bits per heavy atom. The van der Waals surface area contributed by atoms with Crippen LogP contribution in [-0.4, -0.2) is 58.3 Å². The normalized spacial score (nSPS) is 26.5. The van der Waals surface area contributed by atoms with E-state index in [9.17, 15) is 24.9 Å². The van der Waals surface area contributed by atoms with Crippen molar-refractivity contribution in [2.75, 3.05) is 22.6 Å². The number of carbonyl (C=O) groups excluding carboxylic acids is 2. The van der Waals surface area contributed by atoms with Gasteiger partial charge in [-0.2, -0.15) is 0 Å². The molecule has 0 unspecified atom stereocenters. The van der Waals surface area contributed by atoms with Crippen LogP contribution in [0.2, 0.25) is 0 Å². The van der Waals surface area contributed by atoms with E-state index in [4.69, 9.17) is 4.74 Å². The highest BCUT2D eigenvalue weighted by atomic mass is 16.5. The summed E-state index contributed by atoms with van der Waals surface area (Å²) in [6.45, 7) is 2.55. The van der Waals surface area contributed by atoms with Crippen LogP contribution in [0.15, 0.2) is 18.2 Å². The van der Waals surface area contributed by atoms with Gasteiger partial charge in [0.05, 0.1) is 18.0 Å². The zero-order valence-electron chi connectivity index (χ0n) is 13.3. The maximum Gasteiger partial charge on any atom is 0.221 e. The van der Waals surface area contributed by atoms with Gasteiger partial charge >= 0.3 is 0 Å². The van der Waals surface area contributed by atoms with Gasteiger partial charge in [-0.3, -0.25) is 9.59 Å². The maximum absolute atomic E-state index is 11.3. The summed E-state index contributed by atoms with van der Waals surface area (Å²) in [7, 11) is 0. The lowest BCUT2D eigenvalue weighted by molar-refractivity contribution is -0.178. The summed E-state index contributed by atoms with van der Waals surface area (Å²) in [6, 6.07) is 4.74. The van der Waals surface area contributed by atoms with Crippen molar-refractivity contribution in [1.82, 2.24) is 0 Å². The van der Waals surface area contributed by atoms with E-state index in [0.29, 0.717) is 17.1 Å². The highest BCUT2D eigenvalue weighted by Gasteiger charge is 2.37. The van der Waals surface area contributed by atoms with Crippen LogP contribution in [-0.2, 0) is 14.3 Å². The van der Waals surface area contributed by atoms with Gasteiger partial charge in [0.15, 0.2) is 6.23 Å². The van der Waals surface area contributed by atoms with Crippen molar-refractivity contribution in [1.29, 1.82) is 0 Å². The summed E-state index contributed by atoms with van der Waals surface area (Å²) in [5.74, 6) is -0.563. The predicted octanol–water partition coefficient (Wildman–Crippen LogP) is -0.546. The average Bonchev–Trinajstić information content (AvgIpc) is 2.49. The maximum atomic E-state index is 11.3. The molecule has 0 radical (unpaired) electrons. The van der Waals surface area contributed by atoms with Gasteiger partial charge in [-0.1, -0.05) is 0 Å². The Bertz CT molecular complexity index is 623. The second kappa shape index (κ2) is 7.58. The van der Waals surface area contributed by atoms with Gasteiger partial charge < -0.3 is 36.0 Å². The Morgan fingerprint density at radius 3 is 2.33 bits per heavy atom. The topological polar surface area (TPSA) is 140 Å². The Labute approximate surface area is 138 Å². The number of aliphatic hydroxyl groups is 3. The van der Waals surface area contributed by atoms with Crippen LogP contribution in [0, 0.1) is 0 Å². The molecular weight excluding hydrogens is 318 g/mol. The van der Waals surface area contributed by atoms with E-state index >= 15 is 0 Å². The fourth-order valence-electron chi connectivity index (χ4n) is 2.33. The molecule has 9 heteroatoms. The number of benzene rings is 1. The SMILES string of the molecule is CC(=O)Nc1ccc(NC(C)=O)c(N[C@@H]2OC[C@H](O)[C@@H](O)[C@@H]2O)c1. The number of carbonyl (C=O) groups is 2. The molecule has 1 aromatic carbocycles. The molecule has 4 atom stereocenters. The molecule has 24 heavy (non-hydrogen) atoms. The first kappa shape index (κ1) is 18.1. The molecular formula is C15H21N3O6. The molecule has 1 aliphatic rings. The highest BCUT2D eigenvalue weighted by molar-refractivity contribution is 5.95. The quantitative estimate of drug-likeness (QED) is 0.433. The number of amides is 2. The Morgan fingerprint density at radius 1 is 1.04 bits per heavy atom. The number of anilines is 3. The van der Waals surface area contributed by atoms with Crippen LogP contribution in [0.5, 0.6) is 0 Å². The van der Waals surface area contributed by atoms with Crippen LogP contribution in [0.25, 0.3) is 0 Å². The van der Waals surface area contributed by atoms with E-state index in [1.807, 2.05) is 0 Å². The number of aliphatic hydroxyl groups excluding tert-OH is 3. The van der Waals surface area contributed by atoms with Crippen molar-refractivity contribution < 1.29 is 29.6 Å². The van der Waals surface area contributed by atoms with Crippen molar-refractivity contribution in [2.24, 2.45) is 0 Å². The standard InChI is InChI=1S/C15H21N3O6/c1-7(19)16-9-3-4-10(17-8(2)20)11(5-9)18-15-14(23)13(22)12(21)6-24-15/h3-5,12-15,18,21-23H,6H2,1-2H3,(H,16,19)(H,17,20)/t12-,13+,14-,15+/m0/s1. The van der Waals surface area contributed by atoms with E-state index in [0.717, 1.165) is 0 Å². The first-order chi connectivity index (χ1) is 11.3. The van der Waals surface area contributed by atoms with E-state index in [1.54, 1.807) is 18.2 Å². The summed E-state index contributed by atoms with van der Waals surface area (Å²) in [4.78, 5) is 22.5. The minimum absolute atomic E-state index is 0.156. The molecule has 1 saturated heterocycles. The second-order valence-corrected chi connectivity index (χ2v) is 5.57. The number of nitrogens with one attached hydrogen (secondary N) is 3. The molecule has 0 bridgehead atoms. The Hall–Kier alpha value is -2.20. The molecule has 2 amide bonds. The molecule has 1 heterocycles. The largest absolute Gasteiger partial charge is 0.388 e. The van der Waals surface area contributed by atoms with Crippen LogP contribution < -0.4 is 16.0 Å². The summed E-state index contributed by atoms with van der Waals surface area (Å²) in [5.41, 5.74) is 1.27. The molecule has 1 aliphatic heterocycles. The van der Waals surface area contributed by atoms with E-state index in [2.05, 4.69) is 16.0 Å². The summed E-state index contributed by atoms with van der Waals surface area (Å²) >= 11 is 0. The molecule has 0 aliphatic carbocycles. The first-order valence-electron chi connectivity index (χ1n) is 7.39. The number of ether oxygens (including phenoxy) is 1. The lowest BCUT2D eigenvalue weighted by Gasteiger charge is -2.36. The van der Waals surface area contributed by atoms with E-state index in [-0.39, 0.29) is 18.4 Å². The van der Waals surface area contributed by atoms with Gasteiger partial charge in [-0.25, -0.2) is 0 Å². The third kappa shape index (κ3) is 4.42. The minimum Gasteiger partial charge on any atom is -0.388 e. The average molecular weight is 339 g/mol. The third-order valence-electron chi connectivity index (χ3n) is 3.45. The van der Waals surface area contributed by atoms with Gasteiger partial charge in [-0.05, 0) is 18.2 Å². The van der Waals surface area contributed by atoms with Crippen molar-refractivity contribution in [3.63, 3.8) is 0 Å². The molecule has 0 spiro atoms. The molecule has 132 valence electrons. The summed E-state index contributed by atoms with van der Waals surface area (Å²) < 4.78 is 5.29. The van der Waals surface area contributed by atoms with E-state index < -0.39 is 24.5 Å². The van der Waals surface area contributed by atoms with Gasteiger partial charge in [0, 0.05) is 19.5 Å². The van der Waals surface area contributed by atoms with Crippen molar-refractivity contribution in [3.8, 4) is 0 Å². The first-order valence-corrected chi connectivity index (χ1v) is 7.39. The molecule has 0 aromatic heterocycles. The number of hydrogen-bond donors (Lipinski definition) is 6. The predicted molar refractivity (Wildman–Crippen MR) is 86.4 cm³/mol. The molecule has 0 saturated carbocycles. The second-order valence-electron chi connectivity index (χ2n) is 5.57. The molecule has 6 N–H and O–H groups in total. The van der Waals surface area contributed by atoms with Crippen molar-refractivity contribution in [2.45, 2.75) is 38.4 Å². The molecule has 1 aromatic rings. The zero-order chi connectivity index (χ0) is 17.9. The lowest BCUT2D eigenvalue weighted by atomic mass is 10.0. The zero-order valence-corrected chi connectivity index (χ0v) is 13.3. The monoisotopic (exact) mass is 339 g/mol.